The zero-order chi connectivity index (χ0) is 18.4. The number of fused-ring (bicyclic) bond motifs is 2. The number of aliphatic hydroxyl groups excluding tert-OH is 1. The second-order valence-corrected chi connectivity index (χ2v) is 7.69. The van der Waals surface area contributed by atoms with E-state index in [0.29, 0.717) is 13.0 Å². The molecule has 0 radical (unpaired) electrons. The average Bonchev–Trinajstić information content (AvgIpc) is 3.37. The average molecular weight is 361 g/mol. The SMILES string of the molecule is O=C1Cc2ccccc2/C1=C1\OCc2cc(CN3CCC[C@H]3CO)ccc21. The second kappa shape index (κ2) is 6.63. The van der Waals surface area contributed by atoms with E-state index in [2.05, 4.69) is 23.1 Å². The van der Waals surface area contributed by atoms with Crippen LogP contribution in [-0.2, 0) is 29.1 Å². The van der Waals surface area contributed by atoms with E-state index in [1.807, 2.05) is 24.3 Å². The van der Waals surface area contributed by atoms with E-state index >= 15 is 0 Å². The number of Topliss-reactive ketones (excluding diaryl/α,β-unsaturated/α-hetero) is 1. The Morgan fingerprint density at radius 2 is 2.00 bits per heavy atom. The number of hydrogen-bond donors (Lipinski definition) is 1. The third-order valence-corrected chi connectivity index (χ3v) is 6.03. The van der Waals surface area contributed by atoms with Crippen LogP contribution in [0.5, 0.6) is 0 Å². The molecule has 4 nitrogen and oxygen atoms in total. The summed E-state index contributed by atoms with van der Waals surface area (Å²) < 4.78 is 6.01. The Bertz CT molecular complexity index is 946. The molecule has 0 bridgehead atoms. The molecule has 4 heteroatoms. The molecule has 2 heterocycles. The third kappa shape index (κ3) is 2.80. The highest BCUT2D eigenvalue weighted by Crippen LogP contribution is 2.41. The monoisotopic (exact) mass is 361 g/mol. The van der Waals surface area contributed by atoms with Crippen LogP contribution in [0, 0.1) is 0 Å². The number of carbonyl (C=O) groups excluding carboxylic acids is 1. The summed E-state index contributed by atoms with van der Waals surface area (Å²) in [6.07, 6.45) is 2.68. The van der Waals surface area contributed by atoms with Crippen LogP contribution in [0.1, 0.15) is 40.7 Å². The van der Waals surface area contributed by atoms with E-state index in [1.165, 1.54) is 5.56 Å². The number of benzene rings is 2. The lowest BCUT2D eigenvalue weighted by Gasteiger charge is -2.22. The molecule has 2 aliphatic heterocycles. The summed E-state index contributed by atoms with van der Waals surface area (Å²) >= 11 is 0. The largest absolute Gasteiger partial charge is 0.487 e. The van der Waals surface area contributed by atoms with E-state index in [9.17, 15) is 9.90 Å². The lowest BCUT2D eigenvalue weighted by Crippen LogP contribution is -2.31. The van der Waals surface area contributed by atoms with Crippen LogP contribution in [-0.4, -0.2) is 35.0 Å². The molecule has 2 aromatic rings. The van der Waals surface area contributed by atoms with Crippen molar-refractivity contribution in [2.24, 2.45) is 0 Å². The maximum absolute atomic E-state index is 12.6. The predicted molar refractivity (Wildman–Crippen MR) is 104 cm³/mol. The summed E-state index contributed by atoms with van der Waals surface area (Å²) in [6.45, 7) is 2.64. The van der Waals surface area contributed by atoms with Gasteiger partial charge in [-0.05, 0) is 36.1 Å². The van der Waals surface area contributed by atoms with Crippen molar-refractivity contribution < 1.29 is 14.6 Å². The molecular weight excluding hydrogens is 338 g/mol. The van der Waals surface area contributed by atoms with E-state index in [-0.39, 0.29) is 18.4 Å². The van der Waals surface area contributed by atoms with Crippen molar-refractivity contribution in [2.45, 2.75) is 38.5 Å². The number of allylic oxidation sites excluding steroid dienone is 1. The molecular formula is C23H23NO3. The Morgan fingerprint density at radius 3 is 2.89 bits per heavy atom. The molecule has 0 saturated carbocycles. The van der Waals surface area contributed by atoms with Crippen molar-refractivity contribution in [3.8, 4) is 0 Å². The van der Waals surface area contributed by atoms with Crippen molar-refractivity contribution >= 4 is 17.1 Å². The number of ketones is 1. The normalized spacial score (nSPS) is 24.2. The van der Waals surface area contributed by atoms with Crippen LogP contribution in [0.3, 0.4) is 0 Å². The fourth-order valence-corrected chi connectivity index (χ4v) is 4.64. The van der Waals surface area contributed by atoms with Crippen molar-refractivity contribution in [3.05, 3.63) is 70.3 Å². The van der Waals surface area contributed by atoms with Gasteiger partial charge in [0.15, 0.2) is 5.78 Å². The Labute approximate surface area is 159 Å². The Hall–Kier alpha value is -2.43. The first-order chi connectivity index (χ1) is 13.2. The molecule has 3 aliphatic rings. The van der Waals surface area contributed by atoms with Gasteiger partial charge in [0.25, 0.3) is 0 Å². The number of carbonyl (C=O) groups is 1. The molecule has 27 heavy (non-hydrogen) atoms. The molecule has 0 unspecified atom stereocenters. The van der Waals surface area contributed by atoms with Crippen LogP contribution in [0.2, 0.25) is 0 Å². The van der Waals surface area contributed by atoms with Crippen LogP contribution >= 0.6 is 0 Å². The second-order valence-electron chi connectivity index (χ2n) is 7.69. The summed E-state index contributed by atoms with van der Waals surface area (Å²) in [4.78, 5) is 15.0. The highest BCUT2D eigenvalue weighted by atomic mass is 16.5. The van der Waals surface area contributed by atoms with E-state index in [1.54, 1.807) is 0 Å². The number of hydrogen-bond acceptors (Lipinski definition) is 4. The van der Waals surface area contributed by atoms with Gasteiger partial charge in [0.1, 0.15) is 12.4 Å². The van der Waals surface area contributed by atoms with Crippen molar-refractivity contribution in [3.63, 3.8) is 0 Å². The van der Waals surface area contributed by atoms with Gasteiger partial charge in [0.2, 0.25) is 0 Å². The molecule has 1 atom stereocenters. The number of nitrogens with zero attached hydrogens (tertiary/aromatic N) is 1. The van der Waals surface area contributed by atoms with E-state index < -0.39 is 0 Å². The zero-order valence-corrected chi connectivity index (χ0v) is 15.3. The number of likely N-dealkylation sites (tertiary alicyclic amines) is 1. The highest BCUT2D eigenvalue weighted by Gasteiger charge is 2.32. The highest BCUT2D eigenvalue weighted by molar-refractivity contribution is 6.31. The summed E-state index contributed by atoms with van der Waals surface area (Å²) in [7, 11) is 0. The molecule has 138 valence electrons. The smallest absolute Gasteiger partial charge is 0.171 e. The minimum Gasteiger partial charge on any atom is -0.487 e. The van der Waals surface area contributed by atoms with Gasteiger partial charge in [-0.25, -0.2) is 0 Å². The molecule has 0 spiro atoms. The van der Waals surface area contributed by atoms with Gasteiger partial charge in [-0.3, -0.25) is 9.69 Å². The van der Waals surface area contributed by atoms with Gasteiger partial charge in [-0.1, -0.05) is 42.5 Å². The quantitative estimate of drug-likeness (QED) is 0.853. The molecule has 1 N–H and O–H groups in total. The molecule has 0 aromatic heterocycles. The Kier molecular flexibility index (Phi) is 4.10. The first kappa shape index (κ1) is 16.7. The van der Waals surface area contributed by atoms with Crippen molar-refractivity contribution in [1.29, 1.82) is 0 Å². The number of rotatable bonds is 3. The number of aliphatic hydroxyl groups is 1. The molecule has 0 amide bonds. The number of ether oxygens (including phenoxy) is 1. The van der Waals surface area contributed by atoms with Crippen LogP contribution in [0.25, 0.3) is 11.3 Å². The van der Waals surface area contributed by atoms with Gasteiger partial charge < -0.3 is 9.84 Å². The maximum atomic E-state index is 12.6. The van der Waals surface area contributed by atoms with Gasteiger partial charge >= 0.3 is 0 Å². The minimum absolute atomic E-state index is 0.144. The lowest BCUT2D eigenvalue weighted by atomic mass is 9.99. The topological polar surface area (TPSA) is 49.8 Å². The first-order valence-corrected chi connectivity index (χ1v) is 9.70. The lowest BCUT2D eigenvalue weighted by molar-refractivity contribution is -0.112. The van der Waals surface area contributed by atoms with Gasteiger partial charge in [-0.15, -0.1) is 0 Å². The third-order valence-electron chi connectivity index (χ3n) is 6.03. The summed E-state index contributed by atoms with van der Waals surface area (Å²) in [5.41, 5.74) is 6.25. The van der Waals surface area contributed by atoms with Crippen molar-refractivity contribution in [1.82, 2.24) is 4.90 Å². The fourth-order valence-electron chi connectivity index (χ4n) is 4.64. The van der Waals surface area contributed by atoms with Gasteiger partial charge in [-0.2, -0.15) is 0 Å². The van der Waals surface area contributed by atoms with Crippen molar-refractivity contribution in [2.75, 3.05) is 13.2 Å². The summed E-state index contributed by atoms with van der Waals surface area (Å²) in [6, 6.07) is 14.7. The molecule has 2 aromatic carbocycles. The standard InChI is InChI=1S/C23H23NO3/c25-13-18-5-3-9-24(18)12-15-7-8-20-17(10-15)14-27-23(20)22-19-6-2-1-4-16(19)11-21(22)26/h1-2,4,6-8,10,18,25H,3,5,9,11-14H2/b23-22+/t18-/m0/s1. The first-order valence-electron chi connectivity index (χ1n) is 9.70. The predicted octanol–water partition coefficient (Wildman–Crippen LogP) is 3.17. The van der Waals surface area contributed by atoms with Gasteiger partial charge in [0.05, 0.1) is 12.2 Å². The molecule has 5 rings (SSSR count). The van der Waals surface area contributed by atoms with E-state index in [4.69, 9.17) is 4.74 Å². The Balaban J connectivity index is 1.48. The minimum atomic E-state index is 0.144. The van der Waals surface area contributed by atoms with Crippen LogP contribution in [0.4, 0.5) is 0 Å². The molecule has 1 saturated heterocycles. The van der Waals surface area contributed by atoms with Crippen LogP contribution < -0.4 is 0 Å². The summed E-state index contributed by atoms with van der Waals surface area (Å²) in [5.74, 6) is 0.881. The molecule has 1 aliphatic carbocycles. The summed E-state index contributed by atoms with van der Waals surface area (Å²) in [5, 5.41) is 9.53. The maximum Gasteiger partial charge on any atom is 0.171 e. The fraction of sp³-hybridized carbons (Fsp3) is 0.348. The van der Waals surface area contributed by atoms with E-state index in [0.717, 1.165) is 59.5 Å². The zero-order valence-electron chi connectivity index (χ0n) is 15.3. The molecule has 1 fully saturated rings. The Morgan fingerprint density at radius 1 is 1.11 bits per heavy atom. The van der Waals surface area contributed by atoms with Gasteiger partial charge in [0, 0.05) is 30.1 Å². The van der Waals surface area contributed by atoms with Crippen LogP contribution in [0.15, 0.2) is 42.5 Å².